The van der Waals surface area contributed by atoms with Crippen LogP contribution in [0.1, 0.15) is 28.9 Å². The van der Waals surface area contributed by atoms with E-state index in [9.17, 15) is 22.0 Å². The van der Waals surface area contributed by atoms with Gasteiger partial charge < -0.3 is 5.32 Å². The fraction of sp³-hybridized carbons (Fsp3) is 0.150. The molecule has 0 saturated carbocycles. The molecule has 1 atom stereocenters. The maximum absolute atomic E-state index is 12.6. The maximum Gasteiger partial charge on any atom is 0.341 e. The summed E-state index contributed by atoms with van der Waals surface area (Å²) in [4.78, 5) is 11.9. The normalized spacial score (nSPS) is 12.9. The number of hydrogen-bond donors (Lipinski definition) is 1. The summed E-state index contributed by atoms with van der Waals surface area (Å²) >= 11 is 0. The predicted octanol–water partition coefficient (Wildman–Crippen LogP) is 4.33. The first-order valence-corrected chi connectivity index (χ1v) is 9.76. The standard InChI is InChI=1S/C20H17F2NO3S/c1-13(17-8-4-6-14-5-2-3-7-18(14)17)23-19(24)15-9-11-16(12-10-15)27(25,26)20(21)22/h2-13,20H,1H3,(H,23,24). The van der Waals surface area contributed by atoms with Crippen LogP contribution in [-0.4, -0.2) is 20.1 Å². The quantitative estimate of drug-likeness (QED) is 0.707. The van der Waals surface area contributed by atoms with Crippen molar-refractivity contribution < 1.29 is 22.0 Å². The van der Waals surface area contributed by atoms with E-state index in [-0.39, 0.29) is 11.6 Å². The molecule has 1 unspecified atom stereocenters. The number of fused-ring (bicyclic) bond motifs is 1. The molecule has 4 nitrogen and oxygen atoms in total. The average Bonchev–Trinajstić information content (AvgIpc) is 2.67. The summed E-state index contributed by atoms with van der Waals surface area (Å²) in [6.07, 6.45) is 0. The van der Waals surface area contributed by atoms with E-state index in [4.69, 9.17) is 0 Å². The number of hydrogen-bond acceptors (Lipinski definition) is 3. The van der Waals surface area contributed by atoms with Crippen molar-refractivity contribution in [2.45, 2.75) is 23.6 Å². The Morgan fingerprint density at radius 2 is 1.56 bits per heavy atom. The Labute approximate surface area is 155 Å². The molecule has 1 N–H and O–H groups in total. The van der Waals surface area contributed by atoms with Crippen molar-refractivity contribution in [3.63, 3.8) is 0 Å². The topological polar surface area (TPSA) is 63.2 Å². The number of sulfone groups is 1. The first kappa shape index (κ1) is 19.0. The Morgan fingerprint density at radius 1 is 0.926 bits per heavy atom. The van der Waals surface area contributed by atoms with Gasteiger partial charge in [-0.1, -0.05) is 42.5 Å². The van der Waals surface area contributed by atoms with E-state index in [1.807, 2.05) is 49.4 Å². The van der Waals surface area contributed by atoms with E-state index < -0.39 is 26.4 Å². The largest absolute Gasteiger partial charge is 0.345 e. The Hall–Kier alpha value is -2.80. The summed E-state index contributed by atoms with van der Waals surface area (Å²) in [6, 6.07) is 17.8. The van der Waals surface area contributed by atoms with Gasteiger partial charge in [0.25, 0.3) is 5.91 Å². The Morgan fingerprint density at radius 3 is 2.22 bits per heavy atom. The van der Waals surface area contributed by atoms with Gasteiger partial charge in [-0.3, -0.25) is 4.79 Å². The summed E-state index contributed by atoms with van der Waals surface area (Å²) in [5.74, 6) is -3.92. The number of carbonyl (C=O) groups is 1. The van der Waals surface area contributed by atoms with Gasteiger partial charge in [0.05, 0.1) is 10.9 Å². The van der Waals surface area contributed by atoms with Crippen LogP contribution in [0, 0.1) is 0 Å². The number of alkyl halides is 2. The second-order valence-corrected chi connectivity index (χ2v) is 8.01. The fourth-order valence-corrected chi connectivity index (χ4v) is 3.61. The van der Waals surface area contributed by atoms with E-state index in [1.54, 1.807) is 0 Å². The molecular formula is C20H17F2NO3S. The molecule has 0 aliphatic heterocycles. The molecule has 0 spiro atoms. The molecule has 0 radical (unpaired) electrons. The van der Waals surface area contributed by atoms with Gasteiger partial charge in [-0.2, -0.15) is 8.78 Å². The summed E-state index contributed by atoms with van der Waals surface area (Å²) in [5, 5.41) is 4.92. The van der Waals surface area contributed by atoms with Crippen LogP contribution in [-0.2, 0) is 9.84 Å². The molecule has 140 valence electrons. The average molecular weight is 389 g/mol. The fourth-order valence-electron chi connectivity index (χ4n) is 2.88. The Balaban J connectivity index is 1.81. The highest BCUT2D eigenvalue weighted by molar-refractivity contribution is 7.91. The highest BCUT2D eigenvalue weighted by Gasteiger charge is 2.26. The number of nitrogens with one attached hydrogen (secondary N) is 1. The van der Waals surface area contributed by atoms with Crippen LogP contribution >= 0.6 is 0 Å². The van der Waals surface area contributed by atoms with Crippen LogP contribution < -0.4 is 5.32 Å². The minimum atomic E-state index is -4.67. The van der Waals surface area contributed by atoms with Gasteiger partial charge >= 0.3 is 5.76 Å². The van der Waals surface area contributed by atoms with Gasteiger partial charge in [0.2, 0.25) is 9.84 Å². The predicted molar refractivity (Wildman–Crippen MR) is 99.5 cm³/mol. The molecule has 0 saturated heterocycles. The van der Waals surface area contributed by atoms with Crippen molar-refractivity contribution in [3.05, 3.63) is 77.9 Å². The minimum Gasteiger partial charge on any atom is -0.345 e. The van der Waals surface area contributed by atoms with Crippen LogP contribution in [0.15, 0.2) is 71.6 Å². The smallest absolute Gasteiger partial charge is 0.341 e. The molecule has 0 fully saturated rings. The van der Waals surface area contributed by atoms with Gasteiger partial charge in [0, 0.05) is 5.56 Å². The van der Waals surface area contributed by atoms with Crippen LogP contribution in [0.4, 0.5) is 8.78 Å². The lowest BCUT2D eigenvalue weighted by molar-refractivity contribution is 0.0940. The molecule has 27 heavy (non-hydrogen) atoms. The number of rotatable bonds is 5. The molecule has 1 amide bonds. The van der Waals surface area contributed by atoms with E-state index >= 15 is 0 Å². The van der Waals surface area contributed by atoms with E-state index in [0.717, 1.165) is 28.5 Å². The first-order chi connectivity index (χ1) is 12.8. The van der Waals surface area contributed by atoms with E-state index in [2.05, 4.69) is 5.32 Å². The molecule has 0 aliphatic rings. The SMILES string of the molecule is CC(NC(=O)c1ccc(S(=O)(=O)C(F)F)cc1)c1cccc2ccccc12. The zero-order chi connectivity index (χ0) is 19.6. The van der Waals surface area contributed by atoms with E-state index in [1.165, 1.54) is 12.1 Å². The minimum absolute atomic E-state index is 0.190. The van der Waals surface area contributed by atoms with Gasteiger partial charge in [-0.25, -0.2) is 8.42 Å². The van der Waals surface area contributed by atoms with Crippen molar-refractivity contribution in [2.24, 2.45) is 0 Å². The molecule has 3 aromatic carbocycles. The lowest BCUT2D eigenvalue weighted by Crippen LogP contribution is -2.26. The van der Waals surface area contributed by atoms with Crippen LogP contribution in [0.5, 0.6) is 0 Å². The lowest BCUT2D eigenvalue weighted by Gasteiger charge is -2.17. The number of halogens is 2. The van der Waals surface area contributed by atoms with Crippen molar-refractivity contribution in [3.8, 4) is 0 Å². The van der Waals surface area contributed by atoms with Crippen molar-refractivity contribution >= 4 is 26.5 Å². The molecule has 3 rings (SSSR count). The maximum atomic E-state index is 12.6. The summed E-state index contributed by atoms with van der Waals surface area (Å²) in [7, 11) is -4.67. The third-order valence-corrected chi connectivity index (χ3v) is 5.72. The Bertz CT molecular complexity index is 1070. The molecule has 0 aliphatic carbocycles. The van der Waals surface area contributed by atoms with Crippen molar-refractivity contribution in [1.29, 1.82) is 0 Å². The third kappa shape index (κ3) is 3.83. The Kier molecular flexibility index (Phi) is 5.23. The molecule has 0 bridgehead atoms. The van der Waals surface area contributed by atoms with Crippen LogP contribution in [0.3, 0.4) is 0 Å². The van der Waals surface area contributed by atoms with Crippen LogP contribution in [0.25, 0.3) is 10.8 Å². The number of benzene rings is 3. The van der Waals surface area contributed by atoms with Gasteiger partial charge in [0.15, 0.2) is 0 Å². The lowest BCUT2D eigenvalue weighted by atomic mass is 9.99. The number of carbonyl (C=O) groups excluding carboxylic acids is 1. The van der Waals surface area contributed by atoms with E-state index in [0.29, 0.717) is 0 Å². The van der Waals surface area contributed by atoms with Gasteiger partial charge in [-0.05, 0) is 47.5 Å². The summed E-state index contributed by atoms with van der Waals surface area (Å²) in [5.41, 5.74) is 1.13. The molecule has 0 heterocycles. The molecule has 0 aromatic heterocycles. The highest BCUT2D eigenvalue weighted by atomic mass is 32.2. The van der Waals surface area contributed by atoms with Crippen molar-refractivity contribution in [2.75, 3.05) is 0 Å². The molecule has 7 heteroatoms. The van der Waals surface area contributed by atoms with Gasteiger partial charge in [-0.15, -0.1) is 0 Å². The highest BCUT2D eigenvalue weighted by Crippen LogP contribution is 2.24. The first-order valence-electron chi connectivity index (χ1n) is 8.21. The van der Waals surface area contributed by atoms with Gasteiger partial charge in [0.1, 0.15) is 0 Å². The summed E-state index contributed by atoms with van der Waals surface area (Å²) in [6.45, 7) is 1.84. The third-order valence-electron chi connectivity index (χ3n) is 4.32. The zero-order valence-corrected chi connectivity index (χ0v) is 15.2. The molecule has 3 aromatic rings. The van der Waals surface area contributed by atoms with Crippen molar-refractivity contribution in [1.82, 2.24) is 5.32 Å². The number of amides is 1. The van der Waals surface area contributed by atoms with Crippen LogP contribution in [0.2, 0.25) is 0 Å². The zero-order valence-electron chi connectivity index (χ0n) is 14.4. The second kappa shape index (κ2) is 7.44. The second-order valence-electron chi connectivity index (χ2n) is 6.09. The summed E-state index contributed by atoms with van der Waals surface area (Å²) < 4.78 is 48.1. The monoisotopic (exact) mass is 389 g/mol. The molecular weight excluding hydrogens is 372 g/mol.